The molecule has 0 amide bonds. The first-order chi connectivity index (χ1) is 11.5. The lowest BCUT2D eigenvalue weighted by Gasteiger charge is -2.17. The van der Waals surface area contributed by atoms with Crippen LogP contribution in [0.2, 0.25) is 0 Å². The highest BCUT2D eigenvalue weighted by molar-refractivity contribution is 7.99. The molecule has 2 aromatic rings. The van der Waals surface area contributed by atoms with Crippen LogP contribution in [0.5, 0.6) is 0 Å². The Morgan fingerprint density at radius 3 is 2.79 bits per heavy atom. The van der Waals surface area contributed by atoms with Crippen molar-refractivity contribution in [3.05, 3.63) is 58.9 Å². The summed E-state index contributed by atoms with van der Waals surface area (Å²) < 4.78 is 13.5. The predicted octanol–water partition coefficient (Wildman–Crippen LogP) is 3.88. The Kier molecular flexibility index (Phi) is 4.85. The molecular formula is C18H19FN4S. The molecule has 124 valence electrons. The van der Waals surface area contributed by atoms with E-state index in [0.717, 1.165) is 39.6 Å². The van der Waals surface area contributed by atoms with Gasteiger partial charge >= 0.3 is 0 Å². The highest BCUT2D eigenvalue weighted by atomic mass is 32.2. The first kappa shape index (κ1) is 16.5. The molecule has 1 aliphatic heterocycles. The zero-order chi connectivity index (χ0) is 17.1. The first-order valence-electron chi connectivity index (χ1n) is 7.69. The predicted molar refractivity (Wildman–Crippen MR) is 98.6 cm³/mol. The van der Waals surface area contributed by atoms with Gasteiger partial charge in [0.2, 0.25) is 5.96 Å². The van der Waals surface area contributed by atoms with Crippen LogP contribution in [0.1, 0.15) is 23.1 Å². The van der Waals surface area contributed by atoms with Crippen LogP contribution in [0.25, 0.3) is 0 Å². The number of nitrogens with one attached hydrogen (secondary N) is 1. The Balaban J connectivity index is 1.79. The number of aliphatic imine (C=N–C) groups is 1. The molecule has 0 saturated carbocycles. The molecule has 3 N–H and O–H groups in total. The van der Waals surface area contributed by atoms with E-state index < -0.39 is 0 Å². The summed E-state index contributed by atoms with van der Waals surface area (Å²) in [6.07, 6.45) is 0.755. The molecule has 6 heteroatoms. The first-order valence-corrected chi connectivity index (χ1v) is 8.68. The van der Waals surface area contributed by atoms with E-state index in [9.17, 15) is 4.39 Å². The Hall–Kier alpha value is -2.34. The zero-order valence-electron chi connectivity index (χ0n) is 13.6. The number of rotatable bonds is 2. The maximum atomic E-state index is 13.5. The molecular weight excluding hydrogens is 323 g/mol. The van der Waals surface area contributed by atoms with Crippen molar-refractivity contribution in [1.82, 2.24) is 5.43 Å². The summed E-state index contributed by atoms with van der Waals surface area (Å²) in [5.41, 5.74) is 13.4. The van der Waals surface area contributed by atoms with Crippen LogP contribution in [0, 0.1) is 19.7 Å². The lowest BCUT2D eigenvalue weighted by atomic mass is 10.1. The normalized spacial score (nSPS) is 16.1. The van der Waals surface area contributed by atoms with Gasteiger partial charge in [0, 0.05) is 22.6 Å². The van der Waals surface area contributed by atoms with Crippen molar-refractivity contribution in [2.75, 3.05) is 5.75 Å². The minimum Gasteiger partial charge on any atom is -0.368 e. The molecule has 0 saturated heterocycles. The second kappa shape index (κ2) is 7.05. The van der Waals surface area contributed by atoms with Crippen molar-refractivity contribution in [3.8, 4) is 0 Å². The number of fused-ring (bicyclic) bond motifs is 1. The fraction of sp³-hybridized carbons (Fsp3) is 0.222. The van der Waals surface area contributed by atoms with Crippen molar-refractivity contribution in [2.45, 2.75) is 25.2 Å². The number of nitrogens with two attached hydrogens (primary N) is 1. The summed E-state index contributed by atoms with van der Waals surface area (Å²) in [7, 11) is 0. The van der Waals surface area contributed by atoms with Crippen LogP contribution in [0.3, 0.4) is 0 Å². The van der Waals surface area contributed by atoms with Gasteiger partial charge in [-0.3, -0.25) is 0 Å². The second-order valence-electron chi connectivity index (χ2n) is 5.67. The van der Waals surface area contributed by atoms with Gasteiger partial charge in [-0.25, -0.2) is 14.8 Å². The number of benzene rings is 2. The molecule has 0 aliphatic carbocycles. The van der Waals surface area contributed by atoms with Gasteiger partial charge < -0.3 is 5.73 Å². The van der Waals surface area contributed by atoms with Crippen LogP contribution in [0.15, 0.2) is 51.4 Å². The van der Waals surface area contributed by atoms with Crippen LogP contribution in [-0.2, 0) is 0 Å². The van der Waals surface area contributed by atoms with Gasteiger partial charge in [-0.05, 0) is 55.3 Å². The molecule has 0 atom stereocenters. The van der Waals surface area contributed by atoms with E-state index in [-0.39, 0.29) is 11.8 Å². The molecule has 1 heterocycles. The fourth-order valence-electron chi connectivity index (χ4n) is 2.45. The summed E-state index contributed by atoms with van der Waals surface area (Å²) in [6.45, 7) is 4.08. The molecule has 3 rings (SSSR count). The SMILES string of the molecule is Cc1ccc(N=C(N)N/N=C2\CCSc3ccc(F)cc32)cc1C. The van der Waals surface area contributed by atoms with Crippen molar-refractivity contribution >= 4 is 29.1 Å². The number of aryl methyl sites for hydroxylation is 2. The monoisotopic (exact) mass is 342 g/mol. The van der Waals surface area contributed by atoms with Gasteiger partial charge in [-0.15, -0.1) is 11.8 Å². The number of hydrogen-bond donors (Lipinski definition) is 2. The highest BCUT2D eigenvalue weighted by Crippen LogP contribution is 2.30. The molecule has 2 aromatic carbocycles. The standard InChI is InChI=1S/C18H19FN4S/c1-11-3-5-14(9-12(11)2)21-18(20)23-22-16-7-8-24-17-6-4-13(19)10-15(16)17/h3-6,9-10H,7-8H2,1-2H3,(H3,20,21,23)/b22-16+. The van der Waals surface area contributed by atoms with E-state index in [2.05, 4.69) is 15.5 Å². The number of nitrogens with zero attached hydrogens (tertiary/aromatic N) is 2. The molecule has 0 spiro atoms. The Labute approximate surface area is 145 Å². The molecule has 0 fully saturated rings. The number of hydrogen-bond acceptors (Lipinski definition) is 3. The van der Waals surface area contributed by atoms with Gasteiger partial charge in [0.1, 0.15) is 5.82 Å². The van der Waals surface area contributed by atoms with Gasteiger partial charge in [-0.1, -0.05) is 6.07 Å². The van der Waals surface area contributed by atoms with Crippen LogP contribution < -0.4 is 11.2 Å². The lowest BCUT2D eigenvalue weighted by molar-refractivity contribution is 0.626. The maximum absolute atomic E-state index is 13.5. The Morgan fingerprint density at radius 2 is 2.00 bits per heavy atom. The van der Waals surface area contributed by atoms with E-state index >= 15 is 0 Å². The fourth-order valence-corrected chi connectivity index (χ4v) is 3.46. The lowest BCUT2D eigenvalue weighted by Crippen LogP contribution is -2.28. The Morgan fingerprint density at radius 1 is 1.17 bits per heavy atom. The average molecular weight is 342 g/mol. The molecule has 0 aromatic heterocycles. The minimum atomic E-state index is -0.263. The van der Waals surface area contributed by atoms with Crippen LogP contribution >= 0.6 is 11.8 Å². The van der Waals surface area contributed by atoms with E-state index in [1.54, 1.807) is 17.8 Å². The number of hydrazone groups is 1. The summed E-state index contributed by atoms with van der Waals surface area (Å²) in [5.74, 6) is 0.857. The molecule has 0 radical (unpaired) electrons. The smallest absolute Gasteiger partial charge is 0.214 e. The summed E-state index contributed by atoms with van der Waals surface area (Å²) in [4.78, 5) is 5.35. The van der Waals surface area contributed by atoms with Gasteiger partial charge in [0.05, 0.1) is 11.4 Å². The summed E-state index contributed by atoms with van der Waals surface area (Å²) in [6, 6.07) is 10.7. The maximum Gasteiger partial charge on any atom is 0.214 e. The zero-order valence-corrected chi connectivity index (χ0v) is 14.5. The van der Waals surface area contributed by atoms with Gasteiger partial charge in [-0.2, -0.15) is 5.10 Å². The van der Waals surface area contributed by atoms with Crippen molar-refractivity contribution in [2.24, 2.45) is 15.8 Å². The molecule has 0 unspecified atom stereocenters. The minimum absolute atomic E-state index is 0.210. The third kappa shape index (κ3) is 3.76. The third-order valence-electron chi connectivity index (χ3n) is 3.89. The highest BCUT2D eigenvalue weighted by Gasteiger charge is 2.17. The summed E-state index contributed by atoms with van der Waals surface area (Å²) in [5, 5.41) is 4.33. The van der Waals surface area contributed by atoms with Crippen LogP contribution in [0.4, 0.5) is 10.1 Å². The van der Waals surface area contributed by atoms with E-state index in [1.807, 2.05) is 32.0 Å². The van der Waals surface area contributed by atoms with E-state index in [1.165, 1.54) is 17.7 Å². The molecule has 4 nitrogen and oxygen atoms in total. The largest absolute Gasteiger partial charge is 0.368 e. The number of halogens is 1. The van der Waals surface area contributed by atoms with Gasteiger partial charge in [0.15, 0.2) is 0 Å². The quantitative estimate of drug-likeness (QED) is 0.495. The molecule has 0 bridgehead atoms. The number of thioether (sulfide) groups is 1. The second-order valence-corrected chi connectivity index (χ2v) is 6.81. The van der Waals surface area contributed by atoms with Crippen LogP contribution in [-0.4, -0.2) is 17.4 Å². The Bertz CT molecular complexity index is 830. The van der Waals surface area contributed by atoms with Crippen molar-refractivity contribution in [3.63, 3.8) is 0 Å². The molecule has 1 aliphatic rings. The van der Waals surface area contributed by atoms with E-state index in [4.69, 9.17) is 5.73 Å². The number of guanidine groups is 1. The summed E-state index contributed by atoms with van der Waals surface area (Å²) >= 11 is 1.70. The van der Waals surface area contributed by atoms with E-state index in [0.29, 0.717) is 0 Å². The van der Waals surface area contributed by atoms with Crippen molar-refractivity contribution < 1.29 is 4.39 Å². The topological polar surface area (TPSA) is 62.8 Å². The van der Waals surface area contributed by atoms with Gasteiger partial charge in [0.25, 0.3) is 0 Å². The molecule has 24 heavy (non-hydrogen) atoms. The third-order valence-corrected chi connectivity index (χ3v) is 4.97. The average Bonchev–Trinajstić information content (AvgIpc) is 2.56. The van der Waals surface area contributed by atoms with Crippen molar-refractivity contribution in [1.29, 1.82) is 0 Å².